The first-order valence-corrected chi connectivity index (χ1v) is 15.2. The minimum Gasteiger partial charge on any atom is -0.351 e. The predicted molar refractivity (Wildman–Crippen MR) is 150 cm³/mol. The second-order valence-corrected chi connectivity index (χ2v) is 12.0. The summed E-state index contributed by atoms with van der Waals surface area (Å²) in [6, 6.07) is 16.6. The standard InChI is InChI=1S/C28H38N4O7S/c1-20(2)18-23(27(34)30-32(40(3,36)37)22-14-8-5-9-15-22)24(19-29-26(33)21-12-6-4-7-13-21)28(35)31-39-25-16-10-11-17-38-25/h4-9,12-15,20,23-25H,10-11,16-19H2,1-3H3,(H,29,33)(H,30,34)(H,31,35)/t23-,24+,25?/m1/s1. The third kappa shape index (κ3) is 9.32. The van der Waals surface area contributed by atoms with E-state index in [2.05, 4.69) is 16.2 Å². The van der Waals surface area contributed by atoms with Gasteiger partial charge in [0.15, 0.2) is 6.29 Å². The maximum Gasteiger partial charge on any atom is 0.251 e. The average molecular weight is 575 g/mol. The van der Waals surface area contributed by atoms with Crippen LogP contribution >= 0.6 is 0 Å². The number of ether oxygens (including phenoxy) is 1. The number of carbonyl (C=O) groups is 3. The molecule has 1 fully saturated rings. The van der Waals surface area contributed by atoms with E-state index in [-0.39, 0.29) is 24.6 Å². The van der Waals surface area contributed by atoms with Gasteiger partial charge in [-0.05, 0) is 49.4 Å². The van der Waals surface area contributed by atoms with Crippen molar-refractivity contribution in [2.45, 2.75) is 45.8 Å². The third-order valence-corrected chi connectivity index (χ3v) is 7.33. The minimum absolute atomic E-state index is 0.0399. The molecule has 3 N–H and O–H groups in total. The van der Waals surface area contributed by atoms with E-state index in [0.717, 1.165) is 23.5 Å². The number of carbonyl (C=O) groups excluding carboxylic acids is 3. The Balaban J connectivity index is 1.86. The molecule has 1 saturated heterocycles. The Morgan fingerprint density at radius 3 is 2.20 bits per heavy atom. The maximum absolute atomic E-state index is 13.7. The lowest BCUT2D eigenvalue weighted by molar-refractivity contribution is -0.202. The summed E-state index contributed by atoms with van der Waals surface area (Å²) < 4.78 is 31.5. The van der Waals surface area contributed by atoms with E-state index in [4.69, 9.17) is 9.57 Å². The molecule has 2 aromatic carbocycles. The van der Waals surface area contributed by atoms with Gasteiger partial charge in [-0.2, -0.15) is 4.41 Å². The zero-order valence-electron chi connectivity index (χ0n) is 23.0. The summed E-state index contributed by atoms with van der Waals surface area (Å²) in [7, 11) is -3.92. The quantitative estimate of drug-likeness (QED) is 0.312. The fourth-order valence-corrected chi connectivity index (χ4v) is 5.12. The van der Waals surface area contributed by atoms with Crippen LogP contribution in [0.3, 0.4) is 0 Å². The number of benzene rings is 2. The van der Waals surface area contributed by atoms with Crippen molar-refractivity contribution in [3.8, 4) is 0 Å². The van der Waals surface area contributed by atoms with Gasteiger partial charge >= 0.3 is 0 Å². The van der Waals surface area contributed by atoms with Crippen molar-refractivity contribution in [1.82, 2.24) is 16.2 Å². The molecule has 3 atom stereocenters. The number of rotatable bonds is 13. The molecule has 3 rings (SSSR count). The molecule has 0 aliphatic carbocycles. The number of sulfonamides is 1. The zero-order valence-corrected chi connectivity index (χ0v) is 23.9. The van der Waals surface area contributed by atoms with Crippen molar-refractivity contribution in [2.75, 3.05) is 23.8 Å². The summed E-state index contributed by atoms with van der Waals surface area (Å²) in [5, 5.41) is 2.74. The van der Waals surface area contributed by atoms with Crippen molar-refractivity contribution in [3.63, 3.8) is 0 Å². The summed E-state index contributed by atoms with van der Waals surface area (Å²) in [5.41, 5.74) is 5.53. The predicted octanol–water partition coefficient (Wildman–Crippen LogP) is 2.77. The van der Waals surface area contributed by atoms with Crippen LogP contribution in [0.25, 0.3) is 0 Å². The van der Waals surface area contributed by atoms with E-state index in [9.17, 15) is 22.8 Å². The lowest BCUT2D eigenvalue weighted by Gasteiger charge is -2.31. The summed E-state index contributed by atoms with van der Waals surface area (Å²) in [4.78, 5) is 45.4. The molecule has 0 aromatic heterocycles. The van der Waals surface area contributed by atoms with Crippen molar-refractivity contribution in [3.05, 3.63) is 66.2 Å². The number of nitrogens with zero attached hydrogens (tertiary/aromatic N) is 1. The fraction of sp³-hybridized carbons (Fsp3) is 0.464. The van der Waals surface area contributed by atoms with Crippen LogP contribution in [0.4, 0.5) is 5.69 Å². The molecule has 40 heavy (non-hydrogen) atoms. The monoisotopic (exact) mass is 574 g/mol. The number of hydrogen-bond acceptors (Lipinski definition) is 7. The summed E-state index contributed by atoms with van der Waals surface area (Å²) in [6.45, 7) is 4.09. The zero-order chi connectivity index (χ0) is 29.1. The van der Waals surface area contributed by atoms with Crippen LogP contribution in [0.5, 0.6) is 0 Å². The highest BCUT2D eigenvalue weighted by Gasteiger charge is 2.37. The molecule has 0 spiro atoms. The molecule has 0 radical (unpaired) electrons. The van der Waals surface area contributed by atoms with Gasteiger partial charge < -0.3 is 10.1 Å². The van der Waals surface area contributed by atoms with E-state index < -0.39 is 45.9 Å². The van der Waals surface area contributed by atoms with Crippen molar-refractivity contribution < 1.29 is 32.4 Å². The Morgan fingerprint density at radius 1 is 0.975 bits per heavy atom. The third-order valence-electron chi connectivity index (χ3n) is 6.37. The van der Waals surface area contributed by atoms with Crippen LogP contribution in [0.15, 0.2) is 60.7 Å². The number of anilines is 1. The molecule has 1 heterocycles. The highest BCUT2D eigenvalue weighted by molar-refractivity contribution is 7.92. The number of nitrogens with one attached hydrogen (secondary N) is 3. The first-order valence-electron chi connectivity index (χ1n) is 13.3. The van der Waals surface area contributed by atoms with Crippen molar-refractivity contribution in [1.29, 1.82) is 0 Å². The highest BCUT2D eigenvalue weighted by atomic mass is 32.2. The van der Waals surface area contributed by atoms with Gasteiger partial charge in [-0.15, -0.1) is 0 Å². The van der Waals surface area contributed by atoms with Gasteiger partial charge in [-0.1, -0.05) is 50.2 Å². The van der Waals surface area contributed by atoms with Gasteiger partial charge in [0.1, 0.15) is 0 Å². The van der Waals surface area contributed by atoms with Crippen LogP contribution in [0, 0.1) is 17.8 Å². The molecule has 12 heteroatoms. The van der Waals surface area contributed by atoms with Crippen LogP contribution < -0.4 is 20.6 Å². The Morgan fingerprint density at radius 2 is 1.62 bits per heavy atom. The second kappa shape index (κ2) is 14.8. The Hall–Kier alpha value is -3.48. The lowest BCUT2D eigenvalue weighted by Crippen LogP contribution is -2.53. The number of amides is 3. The lowest BCUT2D eigenvalue weighted by atomic mass is 9.84. The van der Waals surface area contributed by atoms with E-state index in [1.54, 1.807) is 60.7 Å². The topological polar surface area (TPSA) is 143 Å². The van der Waals surface area contributed by atoms with Gasteiger partial charge in [0.2, 0.25) is 21.8 Å². The van der Waals surface area contributed by atoms with Crippen LogP contribution in [0.2, 0.25) is 0 Å². The first-order chi connectivity index (χ1) is 19.1. The van der Waals surface area contributed by atoms with Gasteiger partial charge in [-0.3, -0.25) is 19.8 Å². The van der Waals surface area contributed by atoms with E-state index in [0.29, 0.717) is 18.6 Å². The molecule has 1 aliphatic heterocycles. The summed E-state index contributed by atoms with van der Waals surface area (Å²) >= 11 is 0. The van der Waals surface area contributed by atoms with Crippen LogP contribution in [-0.2, 0) is 29.2 Å². The highest BCUT2D eigenvalue weighted by Crippen LogP contribution is 2.24. The van der Waals surface area contributed by atoms with Gasteiger partial charge in [0.25, 0.3) is 5.91 Å². The Labute approximate surface area is 235 Å². The normalized spacial score (nSPS) is 16.9. The molecule has 0 bridgehead atoms. The summed E-state index contributed by atoms with van der Waals surface area (Å²) in [5.74, 6) is -3.88. The van der Waals surface area contributed by atoms with Crippen molar-refractivity contribution >= 4 is 33.4 Å². The van der Waals surface area contributed by atoms with Gasteiger partial charge in [0.05, 0.1) is 23.8 Å². The van der Waals surface area contributed by atoms with Gasteiger partial charge in [0, 0.05) is 25.1 Å². The second-order valence-electron chi connectivity index (χ2n) is 10.1. The smallest absolute Gasteiger partial charge is 0.251 e. The van der Waals surface area contributed by atoms with E-state index in [1.165, 1.54) is 0 Å². The summed E-state index contributed by atoms with van der Waals surface area (Å²) in [6.07, 6.45) is 2.98. The van der Waals surface area contributed by atoms with E-state index >= 15 is 0 Å². The van der Waals surface area contributed by atoms with Crippen LogP contribution in [0.1, 0.15) is 49.9 Å². The molecule has 3 amide bonds. The number of para-hydroxylation sites is 1. The maximum atomic E-state index is 13.7. The first kappa shape index (κ1) is 31.1. The largest absolute Gasteiger partial charge is 0.351 e. The molecule has 11 nitrogen and oxygen atoms in total. The Bertz CT molecular complexity index is 1220. The molecule has 1 aliphatic rings. The van der Waals surface area contributed by atoms with Gasteiger partial charge in [-0.25, -0.2) is 18.7 Å². The number of hydrazine groups is 1. The Kier molecular flexibility index (Phi) is 11.5. The number of hydroxylamine groups is 1. The van der Waals surface area contributed by atoms with E-state index in [1.807, 2.05) is 13.8 Å². The van der Waals surface area contributed by atoms with Crippen LogP contribution in [-0.4, -0.2) is 51.8 Å². The fourth-order valence-electron chi connectivity index (χ4n) is 4.36. The molecule has 1 unspecified atom stereocenters. The molecular weight excluding hydrogens is 536 g/mol. The molecular formula is C28H38N4O7S. The molecule has 218 valence electrons. The number of hydrogen-bond donors (Lipinski definition) is 3. The molecule has 0 saturated carbocycles. The average Bonchev–Trinajstić information content (AvgIpc) is 2.94. The molecule has 2 aromatic rings. The van der Waals surface area contributed by atoms with Crippen molar-refractivity contribution in [2.24, 2.45) is 17.8 Å². The minimum atomic E-state index is -3.92. The SMILES string of the molecule is CC(C)C[C@@H](C(=O)NN(c1ccccc1)S(C)(=O)=O)[C@H](CNC(=O)c1ccccc1)C(=O)NOC1CCCCO1.